The third-order valence-corrected chi connectivity index (χ3v) is 6.11. The molecule has 286 valence electrons. The fraction of sp³-hybridized carbons (Fsp3) is 0.935. The van der Waals surface area contributed by atoms with Crippen molar-refractivity contribution >= 4 is 34.5 Å². The lowest BCUT2D eigenvalue weighted by Crippen LogP contribution is -2.25. The molecule has 0 aliphatic rings. The third-order valence-electron chi connectivity index (χ3n) is 5.67. The minimum absolute atomic E-state index is 0.0102. The van der Waals surface area contributed by atoms with Crippen LogP contribution < -0.4 is 5.32 Å². The number of aliphatic carboxylic acids is 1. The molecule has 0 aromatic carbocycles. The van der Waals surface area contributed by atoms with E-state index in [1.54, 1.807) is 0 Å². The average Bonchev–Trinajstić information content (AvgIpc) is 3.08. The van der Waals surface area contributed by atoms with Gasteiger partial charge in [-0.1, -0.05) is 22.6 Å². The van der Waals surface area contributed by atoms with Gasteiger partial charge in [0.2, 0.25) is 5.91 Å². The minimum atomic E-state index is -0.983. The van der Waals surface area contributed by atoms with Crippen LogP contribution in [0.25, 0.3) is 0 Å². The maximum Gasteiger partial charge on any atom is 0.303 e. The van der Waals surface area contributed by atoms with E-state index in [0.29, 0.717) is 165 Å². The Balaban J connectivity index is 3.08. The van der Waals surface area contributed by atoms with Crippen molar-refractivity contribution in [3.63, 3.8) is 0 Å². The van der Waals surface area contributed by atoms with Gasteiger partial charge in [-0.05, 0) is 6.42 Å². The molecule has 0 aliphatic carbocycles. The fourth-order valence-electron chi connectivity index (χ4n) is 3.29. The Kier molecular flexibility index (Phi) is 41.6. The summed E-state index contributed by atoms with van der Waals surface area (Å²) in [5.74, 6) is -1.25. The highest BCUT2D eigenvalue weighted by molar-refractivity contribution is 14.1. The number of ether oxygens (including phenoxy) is 12. The summed E-state index contributed by atoms with van der Waals surface area (Å²) in [6.45, 7) is 12.8. The molecule has 17 heteroatoms. The predicted molar refractivity (Wildman–Crippen MR) is 183 cm³/mol. The highest BCUT2D eigenvalue weighted by atomic mass is 127. The molecule has 0 atom stereocenters. The van der Waals surface area contributed by atoms with E-state index < -0.39 is 5.97 Å². The van der Waals surface area contributed by atoms with Gasteiger partial charge in [0.1, 0.15) is 0 Å². The maximum atomic E-state index is 11.4. The number of carboxylic acid groups (broad SMARTS) is 1. The summed E-state index contributed by atoms with van der Waals surface area (Å²) < 4.78 is 66.2. The van der Waals surface area contributed by atoms with Gasteiger partial charge in [0.25, 0.3) is 0 Å². The van der Waals surface area contributed by atoms with Crippen LogP contribution in [0.4, 0.5) is 0 Å². The highest BCUT2D eigenvalue weighted by Gasteiger charge is 2.04. The summed E-state index contributed by atoms with van der Waals surface area (Å²) in [6, 6.07) is 0. The lowest BCUT2D eigenvalue weighted by molar-refractivity contribution is -0.138. The lowest BCUT2D eigenvalue weighted by Gasteiger charge is -2.09. The first-order valence-electron chi connectivity index (χ1n) is 16.6. The van der Waals surface area contributed by atoms with Gasteiger partial charge in [-0.25, -0.2) is 0 Å². The van der Waals surface area contributed by atoms with Crippen LogP contribution in [0.5, 0.6) is 0 Å². The molecule has 0 heterocycles. The Morgan fingerprint density at radius 3 is 0.896 bits per heavy atom. The molecule has 0 bridgehead atoms. The molecule has 0 aromatic heterocycles. The van der Waals surface area contributed by atoms with E-state index >= 15 is 0 Å². The second-order valence-electron chi connectivity index (χ2n) is 9.63. The Hall–Kier alpha value is -0.810. The highest BCUT2D eigenvalue weighted by Crippen LogP contribution is 1.91. The Morgan fingerprint density at radius 1 is 0.396 bits per heavy atom. The Morgan fingerprint density at radius 2 is 0.646 bits per heavy atom. The van der Waals surface area contributed by atoms with Gasteiger partial charge in [-0.15, -0.1) is 0 Å². The monoisotopic (exact) mass is 813 g/mol. The minimum Gasteiger partial charge on any atom is -0.481 e. The molecule has 0 rings (SSSR count). The quantitative estimate of drug-likeness (QED) is 0.0507. The summed E-state index contributed by atoms with van der Waals surface area (Å²) in [6.07, 6.45) is 0.477. The van der Waals surface area contributed by atoms with E-state index in [4.69, 9.17) is 61.9 Å². The molecule has 0 saturated carbocycles. The number of carboxylic acids is 1. The maximum absolute atomic E-state index is 11.4. The van der Waals surface area contributed by atoms with E-state index in [9.17, 15) is 9.59 Å². The fourth-order valence-corrected chi connectivity index (χ4v) is 3.60. The molecule has 0 unspecified atom stereocenters. The normalized spacial score (nSPS) is 11.4. The zero-order valence-electron chi connectivity index (χ0n) is 28.5. The number of nitrogens with one attached hydrogen (secondary N) is 1. The number of amides is 1. The van der Waals surface area contributed by atoms with Crippen LogP contribution in [0.3, 0.4) is 0 Å². The Bertz CT molecular complexity index is 669. The van der Waals surface area contributed by atoms with Crippen LogP contribution >= 0.6 is 22.6 Å². The second kappa shape index (κ2) is 42.4. The van der Waals surface area contributed by atoms with E-state index in [1.165, 1.54) is 0 Å². The number of carbonyl (C=O) groups excluding carboxylic acids is 1. The Labute approximate surface area is 299 Å². The van der Waals surface area contributed by atoms with Crippen molar-refractivity contribution in [3.05, 3.63) is 0 Å². The zero-order valence-corrected chi connectivity index (χ0v) is 30.7. The van der Waals surface area contributed by atoms with Crippen molar-refractivity contribution in [2.75, 3.05) is 170 Å². The summed E-state index contributed by atoms with van der Waals surface area (Å²) in [4.78, 5) is 21.8. The van der Waals surface area contributed by atoms with Gasteiger partial charge in [-0.2, -0.15) is 0 Å². The standard InChI is InChI=1S/C31H60INO15/c32-4-7-38-9-11-40-13-15-42-17-19-44-21-23-46-25-27-48-29-28-47-26-24-45-22-20-43-18-16-41-14-12-39-10-8-37-6-1-5-33-30(34)2-3-31(35)36/h1-29H2,(H,33,34)(H,35,36). The van der Waals surface area contributed by atoms with Crippen molar-refractivity contribution < 1.29 is 71.5 Å². The van der Waals surface area contributed by atoms with Crippen molar-refractivity contribution in [2.24, 2.45) is 0 Å². The van der Waals surface area contributed by atoms with Crippen LogP contribution in [0.1, 0.15) is 19.3 Å². The molecule has 0 radical (unpaired) electrons. The third kappa shape index (κ3) is 43.2. The molecule has 0 aromatic rings. The predicted octanol–water partition coefficient (Wildman–Crippen LogP) is 0.992. The first-order valence-corrected chi connectivity index (χ1v) is 18.2. The first kappa shape index (κ1) is 47.2. The molecule has 0 saturated heterocycles. The summed E-state index contributed by atoms with van der Waals surface area (Å²) in [7, 11) is 0. The molecule has 1 amide bonds. The van der Waals surface area contributed by atoms with Crippen molar-refractivity contribution in [2.45, 2.75) is 19.3 Å². The van der Waals surface area contributed by atoms with Crippen LogP contribution in [0, 0.1) is 0 Å². The molecule has 0 fully saturated rings. The second-order valence-corrected chi connectivity index (χ2v) is 10.7. The number of hydrogen-bond acceptors (Lipinski definition) is 14. The number of halogens is 1. The summed E-state index contributed by atoms with van der Waals surface area (Å²) >= 11 is 2.27. The van der Waals surface area contributed by atoms with Crippen molar-refractivity contribution in [1.29, 1.82) is 0 Å². The van der Waals surface area contributed by atoms with E-state index in [1.807, 2.05) is 0 Å². The summed E-state index contributed by atoms with van der Waals surface area (Å²) in [5.41, 5.74) is 0. The van der Waals surface area contributed by atoms with E-state index in [-0.39, 0.29) is 18.7 Å². The van der Waals surface area contributed by atoms with Crippen LogP contribution in [0.2, 0.25) is 0 Å². The van der Waals surface area contributed by atoms with Gasteiger partial charge in [-0.3, -0.25) is 9.59 Å². The summed E-state index contributed by atoms with van der Waals surface area (Å²) in [5, 5.41) is 11.2. The molecule has 0 spiro atoms. The van der Waals surface area contributed by atoms with Gasteiger partial charge in [0.05, 0.1) is 158 Å². The smallest absolute Gasteiger partial charge is 0.303 e. The number of alkyl halides is 1. The van der Waals surface area contributed by atoms with E-state index in [2.05, 4.69) is 27.9 Å². The van der Waals surface area contributed by atoms with Gasteiger partial charge in [0.15, 0.2) is 0 Å². The lowest BCUT2D eigenvalue weighted by atomic mass is 10.3. The van der Waals surface area contributed by atoms with Gasteiger partial charge in [0, 0.05) is 24.0 Å². The molecular weight excluding hydrogens is 753 g/mol. The molecule has 16 nitrogen and oxygen atoms in total. The largest absolute Gasteiger partial charge is 0.481 e. The molecule has 2 N–H and O–H groups in total. The molecule has 0 aliphatic heterocycles. The van der Waals surface area contributed by atoms with Gasteiger partial charge >= 0.3 is 5.97 Å². The number of carbonyl (C=O) groups is 2. The molecular formula is C31H60INO15. The van der Waals surface area contributed by atoms with Gasteiger partial charge < -0.3 is 67.3 Å². The number of rotatable bonds is 42. The first-order chi connectivity index (χ1) is 23.7. The SMILES string of the molecule is O=C(O)CCC(=O)NCCCOCCOCCOCCOCCOCCOCCOCCOCCOCCOCCOCCOCCI. The topological polar surface area (TPSA) is 177 Å². The van der Waals surface area contributed by atoms with Crippen molar-refractivity contribution in [3.8, 4) is 0 Å². The van der Waals surface area contributed by atoms with Crippen molar-refractivity contribution in [1.82, 2.24) is 5.32 Å². The average molecular weight is 814 g/mol. The van der Waals surface area contributed by atoms with Crippen LogP contribution in [-0.2, 0) is 66.4 Å². The zero-order chi connectivity index (χ0) is 34.9. The number of hydrogen-bond donors (Lipinski definition) is 2. The van der Waals surface area contributed by atoms with E-state index in [0.717, 1.165) is 11.0 Å². The van der Waals surface area contributed by atoms with Crippen LogP contribution in [-0.4, -0.2) is 187 Å². The van der Waals surface area contributed by atoms with Crippen LogP contribution in [0.15, 0.2) is 0 Å². The molecule has 48 heavy (non-hydrogen) atoms.